The van der Waals surface area contributed by atoms with Crippen LogP contribution in [0.4, 0.5) is 10.5 Å². The molecule has 2 aromatic carbocycles. The van der Waals surface area contributed by atoms with Crippen LogP contribution in [0.15, 0.2) is 42.5 Å². The van der Waals surface area contributed by atoms with Gasteiger partial charge in [-0.3, -0.25) is 0 Å². The number of fused-ring (bicyclic) bond motifs is 1. The predicted molar refractivity (Wildman–Crippen MR) is 65.0 cm³/mol. The van der Waals surface area contributed by atoms with Gasteiger partial charge in [0.15, 0.2) is 0 Å². The molecule has 2 N–H and O–H groups in total. The van der Waals surface area contributed by atoms with Crippen LogP contribution >= 0.6 is 12.8 Å². The number of carbonyl (C=O) groups excluding carboxylic acids is 1. The highest BCUT2D eigenvalue weighted by Gasteiger charge is 2.07. The van der Waals surface area contributed by atoms with Crippen molar-refractivity contribution in [1.29, 1.82) is 0 Å². The number of hydrogen-bond acceptors (Lipinski definition) is 2. The van der Waals surface area contributed by atoms with E-state index in [1.165, 1.54) is 0 Å². The minimum atomic E-state index is -0.589. The number of anilines is 1. The first kappa shape index (κ1) is 9.86. The van der Waals surface area contributed by atoms with Crippen LogP contribution in [0.25, 0.3) is 10.8 Å². The van der Waals surface area contributed by atoms with Crippen LogP contribution < -0.4 is 10.0 Å². The Labute approximate surface area is 93.0 Å². The van der Waals surface area contributed by atoms with Crippen molar-refractivity contribution >= 4 is 35.3 Å². The van der Waals surface area contributed by atoms with Crippen molar-refractivity contribution in [1.82, 2.24) is 0 Å². The largest absolute Gasteiger partial charge is 0.350 e. The van der Waals surface area contributed by atoms with E-state index in [4.69, 9.17) is 5.73 Å². The van der Waals surface area contributed by atoms with Gasteiger partial charge in [0, 0.05) is 0 Å². The van der Waals surface area contributed by atoms with E-state index in [1.807, 2.05) is 36.4 Å². The van der Waals surface area contributed by atoms with Crippen molar-refractivity contribution in [3.8, 4) is 0 Å². The lowest BCUT2D eigenvalue weighted by Gasteiger charge is -2.12. The first-order valence-corrected chi connectivity index (χ1v) is 4.86. The number of amides is 2. The van der Waals surface area contributed by atoms with Crippen LogP contribution in [-0.4, -0.2) is 6.03 Å². The Balaban J connectivity index is 2.51. The lowest BCUT2D eigenvalue weighted by molar-refractivity contribution is 0.257. The topological polar surface area (TPSA) is 46.3 Å². The highest BCUT2D eigenvalue weighted by atomic mass is 32.1. The maximum Gasteiger partial charge on any atom is 0.329 e. The second kappa shape index (κ2) is 3.82. The molecular weight excluding hydrogens is 208 g/mol. The second-order valence-corrected chi connectivity index (χ2v) is 3.58. The van der Waals surface area contributed by atoms with E-state index < -0.39 is 6.03 Å². The molecule has 0 aliphatic carbocycles. The zero-order valence-corrected chi connectivity index (χ0v) is 8.82. The van der Waals surface area contributed by atoms with Gasteiger partial charge in [0.2, 0.25) is 0 Å². The second-order valence-electron chi connectivity index (χ2n) is 3.18. The van der Waals surface area contributed by atoms with Gasteiger partial charge in [-0.05, 0) is 22.9 Å². The summed E-state index contributed by atoms with van der Waals surface area (Å²) in [5, 5.41) is 2.17. The fraction of sp³-hybridized carbons (Fsp3) is 0. The van der Waals surface area contributed by atoms with E-state index in [1.54, 1.807) is 6.07 Å². The van der Waals surface area contributed by atoms with Crippen molar-refractivity contribution in [2.45, 2.75) is 0 Å². The van der Waals surface area contributed by atoms with Gasteiger partial charge in [-0.25, -0.2) is 9.10 Å². The minimum absolute atomic E-state index is 0.589. The lowest BCUT2D eigenvalue weighted by Crippen LogP contribution is -2.27. The minimum Gasteiger partial charge on any atom is -0.350 e. The summed E-state index contributed by atoms with van der Waals surface area (Å²) in [6.07, 6.45) is 0. The lowest BCUT2D eigenvalue weighted by atomic mass is 10.1. The maximum atomic E-state index is 10.9. The molecule has 0 saturated carbocycles. The molecule has 0 aromatic heterocycles. The number of carbonyl (C=O) groups is 1. The summed E-state index contributed by atoms with van der Waals surface area (Å²) in [4.78, 5) is 10.9. The van der Waals surface area contributed by atoms with Crippen molar-refractivity contribution in [2.24, 2.45) is 5.73 Å². The van der Waals surface area contributed by atoms with Gasteiger partial charge in [0.1, 0.15) is 0 Å². The highest BCUT2D eigenvalue weighted by molar-refractivity contribution is 7.82. The molecule has 4 heteroatoms. The van der Waals surface area contributed by atoms with Gasteiger partial charge in [0.25, 0.3) is 0 Å². The number of rotatable bonds is 1. The average Bonchev–Trinajstić information content (AvgIpc) is 2.27. The summed E-state index contributed by atoms with van der Waals surface area (Å²) in [7, 11) is 0. The van der Waals surface area contributed by atoms with Crippen molar-refractivity contribution in [2.75, 3.05) is 4.31 Å². The number of thiol groups is 1. The molecule has 0 heterocycles. The molecular formula is C11H10N2OS. The third-order valence-electron chi connectivity index (χ3n) is 2.19. The molecule has 0 aliphatic rings. The molecule has 0 aliphatic heterocycles. The molecule has 0 atom stereocenters. The van der Waals surface area contributed by atoms with Crippen LogP contribution in [0.5, 0.6) is 0 Å². The average molecular weight is 218 g/mol. The normalized spacial score (nSPS) is 10.2. The molecule has 2 aromatic rings. The van der Waals surface area contributed by atoms with E-state index in [2.05, 4.69) is 12.8 Å². The Morgan fingerprint density at radius 2 is 1.80 bits per heavy atom. The van der Waals surface area contributed by atoms with E-state index in [0.29, 0.717) is 5.69 Å². The number of urea groups is 1. The van der Waals surface area contributed by atoms with Gasteiger partial charge in [-0.2, -0.15) is 0 Å². The van der Waals surface area contributed by atoms with Crippen LogP contribution in [-0.2, 0) is 0 Å². The number of primary amides is 1. The van der Waals surface area contributed by atoms with Gasteiger partial charge in [0.05, 0.1) is 5.69 Å². The molecule has 2 amide bonds. The Morgan fingerprint density at radius 3 is 2.47 bits per heavy atom. The first-order valence-electron chi connectivity index (χ1n) is 4.46. The molecule has 76 valence electrons. The van der Waals surface area contributed by atoms with Crippen LogP contribution in [0.2, 0.25) is 0 Å². The third-order valence-corrected chi connectivity index (χ3v) is 2.61. The summed E-state index contributed by atoms with van der Waals surface area (Å²) < 4.78 is 1.12. The first-order chi connectivity index (χ1) is 7.18. The summed E-state index contributed by atoms with van der Waals surface area (Å²) in [5.41, 5.74) is 5.79. The standard InChI is InChI=1S/C11H10N2OS/c12-11(14)13(15)10-6-5-8-3-1-2-4-9(8)7-10/h1-7,15H,(H2,12,14). The summed E-state index contributed by atoms with van der Waals surface area (Å²) in [5.74, 6) is 0. The number of nitrogens with zero attached hydrogens (tertiary/aromatic N) is 1. The van der Waals surface area contributed by atoms with Gasteiger partial charge in [-0.1, -0.05) is 43.1 Å². The van der Waals surface area contributed by atoms with Gasteiger partial charge < -0.3 is 5.73 Å². The molecule has 0 saturated heterocycles. The molecule has 0 radical (unpaired) electrons. The van der Waals surface area contributed by atoms with Crippen molar-refractivity contribution in [3.63, 3.8) is 0 Å². The van der Waals surface area contributed by atoms with E-state index >= 15 is 0 Å². The van der Waals surface area contributed by atoms with Crippen LogP contribution in [0, 0.1) is 0 Å². The van der Waals surface area contributed by atoms with Crippen molar-refractivity contribution in [3.05, 3.63) is 42.5 Å². The molecule has 0 spiro atoms. The molecule has 0 unspecified atom stereocenters. The smallest absolute Gasteiger partial charge is 0.329 e. The Hall–Kier alpha value is -1.68. The Kier molecular flexibility index (Phi) is 2.51. The summed E-state index contributed by atoms with van der Waals surface area (Å²) >= 11 is 4.00. The van der Waals surface area contributed by atoms with Crippen LogP contribution in [0.1, 0.15) is 0 Å². The summed E-state index contributed by atoms with van der Waals surface area (Å²) in [6, 6.07) is 12.9. The van der Waals surface area contributed by atoms with Gasteiger partial charge >= 0.3 is 6.03 Å². The third kappa shape index (κ3) is 1.89. The fourth-order valence-corrected chi connectivity index (χ4v) is 1.56. The molecule has 0 fully saturated rings. The monoisotopic (exact) mass is 218 g/mol. The molecule has 3 nitrogen and oxygen atoms in total. The van der Waals surface area contributed by atoms with Gasteiger partial charge in [-0.15, -0.1) is 0 Å². The van der Waals surface area contributed by atoms with Crippen molar-refractivity contribution < 1.29 is 4.79 Å². The number of benzene rings is 2. The Morgan fingerprint density at radius 1 is 1.13 bits per heavy atom. The van der Waals surface area contributed by atoms with E-state index in [0.717, 1.165) is 15.1 Å². The zero-order chi connectivity index (χ0) is 10.8. The molecule has 2 rings (SSSR count). The quantitative estimate of drug-likeness (QED) is 0.710. The van der Waals surface area contributed by atoms with Crippen LogP contribution in [0.3, 0.4) is 0 Å². The molecule has 15 heavy (non-hydrogen) atoms. The number of hydrogen-bond donors (Lipinski definition) is 2. The highest BCUT2D eigenvalue weighted by Crippen LogP contribution is 2.22. The zero-order valence-electron chi connectivity index (χ0n) is 7.92. The SMILES string of the molecule is NC(=O)N(S)c1ccc2ccccc2c1. The number of nitrogens with two attached hydrogens (primary N) is 1. The molecule has 0 bridgehead atoms. The predicted octanol–water partition coefficient (Wildman–Crippen LogP) is 2.57. The summed E-state index contributed by atoms with van der Waals surface area (Å²) in [6.45, 7) is 0. The maximum absolute atomic E-state index is 10.9. The van der Waals surface area contributed by atoms with E-state index in [-0.39, 0.29) is 0 Å². The fourth-order valence-electron chi connectivity index (χ4n) is 1.44. The Bertz CT molecular complexity index is 513. The van der Waals surface area contributed by atoms with E-state index in [9.17, 15) is 4.79 Å².